The predicted octanol–water partition coefficient (Wildman–Crippen LogP) is 3.50. The second-order valence-electron chi connectivity index (χ2n) is 6.06. The SMILES string of the molecule is COc1ccc(CCNC(=O)Cc2csc(Nc3cccc(C)n3)n2)cc1. The van der Waals surface area contributed by atoms with E-state index in [1.54, 1.807) is 7.11 Å². The van der Waals surface area contributed by atoms with Gasteiger partial charge in [-0.15, -0.1) is 11.3 Å². The third-order valence-electron chi connectivity index (χ3n) is 3.91. The lowest BCUT2D eigenvalue weighted by atomic mass is 10.1. The molecule has 0 saturated heterocycles. The molecular formula is C20H22N4O2S. The molecule has 0 spiro atoms. The third-order valence-corrected chi connectivity index (χ3v) is 4.72. The van der Waals surface area contributed by atoms with Crippen LogP contribution in [0.3, 0.4) is 0 Å². The van der Waals surface area contributed by atoms with Crippen molar-refractivity contribution in [2.24, 2.45) is 0 Å². The fraction of sp³-hybridized carbons (Fsp3) is 0.250. The van der Waals surface area contributed by atoms with Crippen LogP contribution < -0.4 is 15.4 Å². The number of carbonyl (C=O) groups is 1. The number of anilines is 2. The van der Waals surface area contributed by atoms with Crippen LogP contribution in [0, 0.1) is 6.92 Å². The second kappa shape index (κ2) is 9.14. The molecule has 0 aliphatic rings. The zero-order chi connectivity index (χ0) is 19.1. The van der Waals surface area contributed by atoms with E-state index in [1.807, 2.05) is 54.8 Å². The molecule has 0 fully saturated rings. The van der Waals surface area contributed by atoms with Crippen molar-refractivity contribution in [3.05, 3.63) is 64.8 Å². The summed E-state index contributed by atoms with van der Waals surface area (Å²) in [4.78, 5) is 21.0. The number of thiazole rings is 1. The van der Waals surface area contributed by atoms with E-state index in [1.165, 1.54) is 11.3 Å². The first-order valence-corrected chi connectivity index (χ1v) is 9.55. The summed E-state index contributed by atoms with van der Waals surface area (Å²) in [5, 5.41) is 8.72. The van der Waals surface area contributed by atoms with Crippen molar-refractivity contribution >= 4 is 28.2 Å². The Balaban J connectivity index is 1.44. The molecule has 2 N–H and O–H groups in total. The topological polar surface area (TPSA) is 76.1 Å². The summed E-state index contributed by atoms with van der Waals surface area (Å²) >= 11 is 1.46. The predicted molar refractivity (Wildman–Crippen MR) is 108 cm³/mol. The number of benzene rings is 1. The highest BCUT2D eigenvalue weighted by molar-refractivity contribution is 7.13. The van der Waals surface area contributed by atoms with Crippen LogP contribution in [-0.4, -0.2) is 29.5 Å². The minimum Gasteiger partial charge on any atom is -0.497 e. The van der Waals surface area contributed by atoms with Crippen LogP contribution in [0.5, 0.6) is 5.75 Å². The second-order valence-corrected chi connectivity index (χ2v) is 6.92. The van der Waals surface area contributed by atoms with Gasteiger partial charge in [-0.2, -0.15) is 0 Å². The van der Waals surface area contributed by atoms with E-state index in [0.717, 1.165) is 40.1 Å². The number of hydrogen-bond donors (Lipinski definition) is 2. The number of carbonyl (C=O) groups excluding carboxylic acids is 1. The van der Waals surface area contributed by atoms with Gasteiger partial charge in [0.25, 0.3) is 0 Å². The Morgan fingerprint density at radius 2 is 1.96 bits per heavy atom. The first-order chi connectivity index (χ1) is 13.1. The van der Waals surface area contributed by atoms with Gasteiger partial charge in [0.05, 0.1) is 19.2 Å². The summed E-state index contributed by atoms with van der Waals surface area (Å²) in [5.41, 5.74) is 2.84. The highest BCUT2D eigenvalue weighted by Crippen LogP contribution is 2.20. The van der Waals surface area contributed by atoms with Crippen molar-refractivity contribution in [2.45, 2.75) is 19.8 Å². The lowest BCUT2D eigenvalue weighted by Crippen LogP contribution is -2.27. The van der Waals surface area contributed by atoms with Crippen LogP contribution in [0.1, 0.15) is 17.0 Å². The van der Waals surface area contributed by atoms with Crippen molar-refractivity contribution < 1.29 is 9.53 Å². The fourth-order valence-electron chi connectivity index (χ4n) is 2.53. The molecule has 2 aromatic heterocycles. The summed E-state index contributed by atoms with van der Waals surface area (Å²) in [6.07, 6.45) is 1.04. The molecule has 0 bridgehead atoms. The van der Waals surface area contributed by atoms with Crippen molar-refractivity contribution in [3.63, 3.8) is 0 Å². The van der Waals surface area contributed by atoms with Crippen molar-refractivity contribution in [1.82, 2.24) is 15.3 Å². The van der Waals surface area contributed by atoms with Gasteiger partial charge < -0.3 is 15.4 Å². The van der Waals surface area contributed by atoms with Crippen LogP contribution >= 0.6 is 11.3 Å². The van der Waals surface area contributed by atoms with Crippen LogP contribution in [0.25, 0.3) is 0 Å². The van der Waals surface area contributed by atoms with Crippen LogP contribution in [-0.2, 0) is 17.6 Å². The van der Waals surface area contributed by atoms with E-state index in [-0.39, 0.29) is 12.3 Å². The molecule has 6 nitrogen and oxygen atoms in total. The molecule has 0 atom stereocenters. The van der Waals surface area contributed by atoms with Crippen LogP contribution in [0.2, 0.25) is 0 Å². The number of ether oxygens (including phenoxy) is 1. The van der Waals surface area contributed by atoms with Crippen molar-refractivity contribution in [1.29, 1.82) is 0 Å². The number of pyridine rings is 1. The van der Waals surface area contributed by atoms with E-state index >= 15 is 0 Å². The average molecular weight is 382 g/mol. The summed E-state index contributed by atoms with van der Waals surface area (Å²) < 4.78 is 5.14. The molecule has 27 heavy (non-hydrogen) atoms. The van der Waals surface area contributed by atoms with E-state index in [9.17, 15) is 4.79 Å². The Morgan fingerprint density at radius 3 is 2.70 bits per heavy atom. The van der Waals surface area contributed by atoms with Gasteiger partial charge in [0.2, 0.25) is 5.91 Å². The van der Waals surface area contributed by atoms with Crippen molar-refractivity contribution in [2.75, 3.05) is 19.0 Å². The maximum atomic E-state index is 12.1. The van der Waals surface area contributed by atoms with Crippen LogP contribution in [0.4, 0.5) is 10.9 Å². The molecule has 1 amide bonds. The summed E-state index contributed by atoms with van der Waals surface area (Å²) in [7, 11) is 1.64. The Kier molecular flexibility index (Phi) is 6.38. The van der Waals surface area contributed by atoms with Gasteiger partial charge in [-0.1, -0.05) is 18.2 Å². The van der Waals surface area contributed by atoms with E-state index in [4.69, 9.17) is 4.74 Å². The number of aromatic nitrogens is 2. The summed E-state index contributed by atoms with van der Waals surface area (Å²) in [6.45, 7) is 2.53. The van der Waals surface area contributed by atoms with Gasteiger partial charge in [0.15, 0.2) is 5.13 Å². The average Bonchev–Trinajstić information content (AvgIpc) is 3.09. The molecule has 3 rings (SSSR count). The zero-order valence-corrected chi connectivity index (χ0v) is 16.2. The van der Waals surface area contributed by atoms with Crippen molar-refractivity contribution in [3.8, 4) is 5.75 Å². The van der Waals surface area contributed by atoms with Crippen LogP contribution in [0.15, 0.2) is 47.8 Å². The molecular weight excluding hydrogens is 360 g/mol. The fourth-order valence-corrected chi connectivity index (χ4v) is 3.25. The highest BCUT2D eigenvalue weighted by atomic mass is 32.1. The van der Waals surface area contributed by atoms with E-state index < -0.39 is 0 Å². The molecule has 7 heteroatoms. The monoisotopic (exact) mass is 382 g/mol. The molecule has 1 aromatic carbocycles. The van der Waals surface area contributed by atoms with Gasteiger partial charge in [-0.3, -0.25) is 4.79 Å². The largest absolute Gasteiger partial charge is 0.497 e. The number of rotatable bonds is 8. The smallest absolute Gasteiger partial charge is 0.226 e. The summed E-state index contributed by atoms with van der Waals surface area (Å²) in [6, 6.07) is 13.6. The maximum absolute atomic E-state index is 12.1. The highest BCUT2D eigenvalue weighted by Gasteiger charge is 2.08. The Morgan fingerprint density at radius 1 is 1.15 bits per heavy atom. The zero-order valence-electron chi connectivity index (χ0n) is 15.4. The number of hydrogen-bond acceptors (Lipinski definition) is 6. The molecule has 0 radical (unpaired) electrons. The molecule has 0 unspecified atom stereocenters. The first kappa shape index (κ1) is 18.8. The number of aryl methyl sites for hydroxylation is 1. The lowest BCUT2D eigenvalue weighted by molar-refractivity contribution is -0.120. The number of methoxy groups -OCH3 is 1. The van der Waals surface area contributed by atoms with E-state index in [0.29, 0.717) is 6.54 Å². The van der Waals surface area contributed by atoms with Gasteiger partial charge >= 0.3 is 0 Å². The minimum atomic E-state index is -0.0333. The van der Waals surface area contributed by atoms with E-state index in [2.05, 4.69) is 20.6 Å². The Bertz CT molecular complexity index is 893. The number of nitrogens with zero attached hydrogens (tertiary/aromatic N) is 2. The number of nitrogens with one attached hydrogen (secondary N) is 2. The minimum absolute atomic E-state index is 0.0333. The Labute approximate surface area is 162 Å². The Hall–Kier alpha value is -2.93. The van der Waals surface area contributed by atoms with Gasteiger partial charge in [-0.05, 0) is 43.2 Å². The lowest BCUT2D eigenvalue weighted by Gasteiger charge is -2.05. The third kappa shape index (κ3) is 5.79. The molecule has 140 valence electrons. The molecule has 0 saturated carbocycles. The standard InChI is InChI=1S/C20H22N4O2S/c1-14-4-3-5-18(22-14)24-20-23-16(13-27-20)12-19(25)21-11-10-15-6-8-17(26-2)9-7-15/h3-9,13H,10-12H2,1-2H3,(H,21,25)(H,22,23,24). The maximum Gasteiger partial charge on any atom is 0.226 e. The van der Waals surface area contributed by atoms with Gasteiger partial charge in [0.1, 0.15) is 11.6 Å². The quantitative estimate of drug-likeness (QED) is 0.624. The van der Waals surface area contributed by atoms with Gasteiger partial charge in [-0.25, -0.2) is 9.97 Å². The number of amides is 1. The molecule has 2 heterocycles. The molecule has 0 aliphatic carbocycles. The first-order valence-electron chi connectivity index (χ1n) is 8.67. The molecule has 0 aliphatic heterocycles. The summed E-state index contributed by atoms with van der Waals surface area (Å²) in [5.74, 6) is 1.55. The van der Waals surface area contributed by atoms with Gasteiger partial charge in [0, 0.05) is 17.6 Å². The normalized spacial score (nSPS) is 10.4. The molecule has 3 aromatic rings.